The maximum atomic E-state index is 12.8. The Labute approximate surface area is 118 Å². The van der Waals surface area contributed by atoms with Gasteiger partial charge in [0.05, 0.1) is 6.10 Å². The van der Waals surface area contributed by atoms with Crippen LogP contribution in [0.5, 0.6) is 0 Å². The van der Waals surface area contributed by atoms with Crippen LogP contribution in [0, 0.1) is 11.7 Å². The first-order valence-electron chi connectivity index (χ1n) is 6.96. The Morgan fingerprint density at radius 3 is 2.70 bits per heavy atom. The van der Waals surface area contributed by atoms with Crippen LogP contribution in [0.25, 0.3) is 5.57 Å². The molecule has 2 rings (SSSR count). The zero-order chi connectivity index (χ0) is 14.5. The smallest absolute Gasteiger partial charge is 0.244 e. The van der Waals surface area contributed by atoms with Crippen LogP contribution in [0.1, 0.15) is 31.7 Å². The second kappa shape index (κ2) is 6.66. The molecule has 2 atom stereocenters. The van der Waals surface area contributed by atoms with E-state index in [4.69, 9.17) is 0 Å². The zero-order valence-electron chi connectivity index (χ0n) is 11.6. The number of amides is 1. The summed E-state index contributed by atoms with van der Waals surface area (Å²) in [6, 6.07) is 6.04. The number of nitrogens with one attached hydrogen (secondary N) is 1. The number of carbonyl (C=O) groups is 1. The third-order valence-electron chi connectivity index (χ3n) is 3.80. The Balaban J connectivity index is 1.89. The summed E-state index contributed by atoms with van der Waals surface area (Å²) in [4.78, 5) is 11.8. The highest BCUT2D eigenvalue weighted by Gasteiger charge is 2.24. The Morgan fingerprint density at radius 2 is 2.10 bits per heavy atom. The van der Waals surface area contributed by atoms with Gasteiger partial charge in [0.1, 0.15) is 5.82 Å². The van der Waals surface area contributed by atoms with E-state index in [1.54, 1.807) is 12.1 Å². The number of hydrogen-bond acceptors (Lipinski definition) is 2. The molecule has 2 N–H and O–H groups in total. The fourth-order valence-electron chi connectivity index (χ4n) is 2.53. The lowest BCUT2D eigenvalue weighted by molar-refractivity contribution is -0.116. The molecule has 0 heterocycles. The van der Waals surface area contributed by atoms with E-state index in [2.05, 4.69) is 5.32 Å². The lowest BCUT2D eigenvalue weighted by Gasteiger charge is -2.14. The molecule has 108 valence electrons. The lowest BCUT2D eigenvalue weighted by atomic mass is 10.1. The van der Waals surface area contributed by atoms with Crippen LogP contribution in [0.3, 0.4) is 0 Å². The van der Waals surface area contributed by atoms with Crippen molar-refractivity contribution >= 4 is 11.5 Å². The molecule has 4 heteroatoms. The second-order valence-electron chi connectivity index (χ2n) is 5.34. The van der Waals surface area contributed by atoms with E-state index >= 15 is 0 Å². The van der Waals surface area contributed by atoms with Gasteiger partial charge in [-0.15, -0.1) is 0 Å². The zero-order valence-corrected chi connectivity index (χ0v) is 11.6. The van der Waals surface area contributed by atoms with E-state index in [0.29, 0.717) is 6.54 Å². The van der Waals surface area contributed by atoms with E-state index in [-0.39, 0.29) is 23.7 Å². The second-order valence-corrected chi connectivity index (χ2v) is 5.34. The third kappa shape index (κ3) is 3.90. The minimum absolute atomic E-state index is 0.165. The molecule has 20 heavy (non-hydrogen) atoms. The summed E-state index contributed by atoms with van der Waals surface area (Å²) in [6.45, 7) is 2.32. The van der Waals surface area contributed by atoms with E-state index in [1.165, 1.54) is 18.2 Å². The molecule has 1 aromatic rings. The maximum Gasteiger partial charge on any atom is 0.244 e. The number of halogens is 1. The predicted molar refractivity (Wildman–Crippen MR) is 76.4 cm³/mol. The molecule has 1 aliphatic rings. The van der Waals surface area contributed by atoms with Crippen molar-refractivity contribution in [1.82, 2.24) is 5.32 Å². The summed E-state index contributed by atoms with van der Waals surface area (Å²) in [5.74, 6) is -0.300. The summed E-state index contributed by atoms with van der Waals surface area (Å²) in [7, 11) is 0. The highest BCUT2D eigenvalue weighted by atomic mass is 19.1. The van der Waals surface area contributed by atoms with Gasteiger partial charge in [0.2, 0.25) is 5.91 Å². The predicted octanol–water partition coefficient (Wildman–Crippen LogP) is 2.51. The molecule has 1 saturated carbocycles. The topological polar surface area (TPSA) is 49.3 Å². The third-order valence-corrected chi connectivity index (χ3v) is 3.80. The number of rotatable bonds is 4. The van der Waals surface area contributed by atoms with Crippen LogP contribution in [0.4, 0.5) is 4.39 Å². The number of carbonyl (C=O) groups excluding carboxylic acids is 1. The Kier molecular flexibility index (Phi) is 4.90. The van der Waals surface area contributed by atoms with Gasteiger partial charge in [0, 0.05) is 18.5 Å². The van der Waals surface area contributed by atoms with Crippen molar-refractivity contribution in [1.29, 1.82) is 0 Å². The van der Waals surface area contributed by atoms with Crippen LogP contribution in [-0.2, 0) is 4.79 Å². The van der Waals surface area contributed by atoms with Crippen molar-refractivity contribution in [3.63, 3.8) is 0 Å². The quantitative estimate of drug-likeness (QED) is 0.831. The van der Waals surface area contributed by atoms with Crippen LogP contribution < -0.4 is 5.32 Å². The largest absolute Gasteiger partial charge is 0.393 e. The summed E-state index contributed by atoms with van der Waals surface area (Å²) in [5, 5.41) is 12.5. The minimum Gasteiger partial charge on any atom is -0.393 e. The number of aliphatic hydroxyl groups is 1. The summed E-state index contributed by atoms with van der Waals surface area (Å²) < 4.78 is 12.8. The number of hydrogen-bond donors (Lipinski definition) is 2. The Morgan fingerprint density at radius 1 is 1.40 bits per heavy atom. The Bertz CT molecular complexity index is 496. The molecule has 0 bridgehead atoms. The SMILES string of the molecule is CC(=CC(=O)NCC1CCCC1O)c1ccc(F)cc1. The van der Waals surface area contributed by atoms with Crippen molar-refractivity contribution in [3.05, 3.63) is 41.7 Å². The molecule has 1 amide bonds. The molecule has 3 nitrogen and oxygen atoms in total. The van der Waals surface area contributed by atoms with Crippen molar-refractivity contribution in [2.24, 2.45) is 5.92 Å². The van der Waals surface area contributed by atoms with E-state index in [1.807, 2.05) is 6.92 Å². The number of aliphatic hydroxyl groups excluding tert-OH is 1. The first-order chi connectivity index (χ1) is 9.56. The molecule has 0 aromatic heterocycles. The number of allylic oxidation sites excluding steroid dienone is 1. The van der Waals surface area contributed by atoms with Crippen molar-refractivity contribution in [2.45, 2.75) is 32.3 Å². The monoisotopic (exact) mass is 277 g/mol. The molecule has 1 aliphatic carbocycles. The summed E-state index contributed by atoms with van der Waals surface area (Å²) >= 11 is 0. The molecule has 1 fully saturated rings. The van der Waals surface area contributed by atoms with Crippen LogP contribution in [0.15, 0.2) is 30.3 Å². The van der Waals surface area contributed by atoms with Crippen LogP contribution >= 0.6 is 0 Å². The average molecular weight is 277 g/mol. The van der Waals surface area contributed by atoms with Gasteiger partial charge in [-0.3, -0.25) is 4.79 Å². The molecule has 0 aliphatic heterocycles. The normalized spacial score (nSPS) is 22.9. The Hall–Kier alpha value is -1.68. The fourth-order valence-corrected chi connectivity index (χ4v) is 2.53. The number of benzene rings is 1. The van der Waals surface area contributed by atoms with Gasteiger partial charge in [0.15, 0.2) is 0 Å². The molecular weight excluding hydrogens is 257 g/mol. The molecule has 0 radical (unpaired) electrons. The minimum atomic E-state index is -0.294. The highest BCUT2D eigenvalue weighted by Crippen LogP contribution is 2.24. The molecule has 0 saturated heterocycles. The van der Waals surface area contributed by atoms with E-state index in [9.17, 15) is 14.3 Å². The molecular formula is C16H20FNO2. The van der Waals surface area contributed by atoms with E-state index in [0.717, 1.165) is 30.4 Å². The van der Waals surface area contributed by atoms with Gasteiger partial charge in [-0.05, 0) is 43.0 Å². The average Bonchev–Trinajstić information content (AvgIpc) is 2.82. The van der Waals surface area contributed by atoms with E-state index < -0.39 is 0 Å². The highest BCUT2D eigenvalue weighted by molar-refractivity contribution is 5.94. The van der Waals surface area contributed by atoms with Gasteiger partial charge in [-0.2, -0.15) is 0 Å². The van der Waals surface area contributed by atoms with Gasteiger partial charge in [-0.1, -0.05) is 18.6 Å². The molecule has 1 aromatic carbocycles. The maximum absolute atomic E-state index is 12.8. The van der Waals surface area contributed by atoms with Crippen LogP contribution in [0.2, 0.25) is 0 Å². The molecule has 2 unspecified atom stereocenters. The van der Waals surface area contributed by atoms with Gasteiger partial charge >= 0.3 is 0 Å². The van der Waals surface area contributed by atoms with Crippen molar-refractivity contribution < 1.29 is 14.3 Å². The first kappa shape index (κ1) is 14.7. The van der Waals surface area contributed by atoms with Gasteiger partial charge in [0.25, 0.3) is 0 Å². The first-order valence-corrected chi connectivity index (χ1v) is 6.96. The van der Waals surface area contributed by atoms with Crippen molar-refractivity contribution in [2.75, 3.05) is 6.54 Å². The van der Waals surface area contributed by atoms with Crippen LogP contribution in [-0.4, -0.2) is 23.7 Å². The van der Waals surface area contributed by atoms with Gasteiger partial charge in [-0.25, -0.2) is 4.39 Å². The molecule has 0 spiro atoms. The fraction of sp³-hybridized carbons (Fsp3) is 0.438. The standard InChI is InChI=1S/C16H20FNO2/c1-11(12-5-7-14(17)8-6-12)9-16(20)18-10-13-3-2-4-15(13)19/h5-9,13,15,19H,2-4,10H2,1H3,(H,18,20). The van der Waals surface area contributed by atoms with Crippen molar-refractivity contribution in [3.8, 4) is 0 Å². The summed E-state index contributed by atoms with van der Waals surface area (Å²) in [5.41, 5.74) is 1.61. The lowest BCUT2D eigenvalue weighted by Crippen LogP contribution is -2.31. The van der Waals surface area contributed by atoms with Gasteiger partial charge < -0.3 is 10.4 Å². The summed E-state index contributed by atoms with van der Waals surface area (Å²) in [6.07, 6.45) is 4.02.